The van der Waals surface area contributed by atoms with E-state index in [4.69, 9.17) is 14.5 Å². The Morgan fingerprint density at radius 2 is 1.78 bits per heavy atom. The molecular weight excluding hydrogens is 506 g/mol. The number of rotatable bonds is 10. The van der Waals surface area contributed by atoms with E-state index >= 15 is 0 Å². The highest BCUT2D eigenvalue weighted by Gasteiger charge is 2.20. The fourth-order valence-corrected chi connectivity index (χ4v) is 5.14. The molecule has 194 valence electrons. The molecule has 0 aliphatic heterocycles. The number of Topliss-reactive ketones (excluding diaryl/α,β-unsaturated/α-hetero) is 1. The molecule has 0 aliphatic carbocycles. The summed E-state index contributed by atoms with van der Waals surface area (Å²) in [6, 6.07) is 16.2. The first kappa shape index (κ1) is 26.7. The van der Waals surface area contributed by atoms with Crippen LogP contribution in [0.4, 0.5) is 0 Å². The van der Waals surface area contributed by atoms with E-state index in [9.17, 15) is 13.2 Å². The van der Waals surface area contributed by atoms with Crippen molar-refractivity contribution >= 4 is 34.7 Å². The largest absolute Gasteiger partial charge is 0.457 e. The summed E-state index contributed by atoms with van der Waals surface area (Å²) in [4.78, 5) is 22.0. The number of sulfone groups is 1. The fourth-order valence-electron chi connectivity index (χ4n) is 3.75. The van der Waals surface area contributed by atoms with E-state index in [2.05, 4.69) is 24.6 Å². The van der Waals surface area contributed by atoms with Gasteiger partial charge in [0, 0.05) is 33.2 Å². The van der Waals surface area contributed by atoms with Gasteiger partial charge in [-0.25, -0.2) is 13.4 Å². The first-order valence-corrected chi connectivity index (χ1v) is 17.5. The maximum atomic E-state index is 12.5. The molecule has 2 heterocycles. The third-order valence-corrected chi connectivity index (χ3v) is 8.65. The van der Waals surface area contributed by atoms with E-state index in [1.807, 2.05) is 22.8 Å². The van der Waals surface area contributed by atoms with Gasteiger partial charge >= 0.3 is 0 Å². The third kappa shape index (κ3) is 6.51. The number of carbonyl (C=O) groups is 1. The molecule has 0 fully saturated rings. The molecule has 2 aromatic carbocycles. The summed E-state index contributed by atoms with van der Waals surface area (Å²) in [6.45, 7) is 9.29. The summed E-state index contributed by atoms with van der Waals surface area (Å²) < 4.78 is 37.7. The van der Waals surface area contributed by atoms with Gasteiger partial charge in [-0.3, -0.25) is 14.3 Å². The maximum absolute atomic E-state index is 12.5. The minimum Gasteiger partial charge on any atom is -0.457 e. The molecule has 0 saturated carbocycles. The van der Waals surface area contributed by atoms with Crippen LogP contribution in [0.1, 0.15) is 17.3 Å². The van der Waals surface area contributed by atoms with Gasteiger partial charge in [-0.05, 0) is 55.4 Å². The zero-order valence-corrected chi connectivity index (χ0v) is 23.5. The van der Waals surface area contributed by atoms with Crippen molar-refractivity contribution in [2.24, 2.45) is 0 Å². The van der Waals surface area contributed by atoms with Crippen molar-refractivity contribution in [3.05, 3.63) is 66.4 Å². The Morgan fingerprint density at radius 3 is 2.38 bits per heavy atom. The highest BCUT2D eigenvalue weighted by Crippen LogP contribution is 2.33. The fraction of sp³-hybridized carbons (Fsp3) is 0.296. The summed E-state index contributed by atoms with van der Waals surface area (Å²) in [5.74, 6) is 1.22. The second-order valence-electron chi connectivity index (χ2n) is 10.2. The molecule has 2 aromatic heterocycles. The normalized spacial score (nSPS) is 12.1. The summed E-state index contributed by atoms with van der Waals surface area (Å²) in [7, 11) is -4.59. The number of aromatic nitrogens is 3. The van der Waals surface area contributed by atoms with Gasteiger partial charge in [-0.15, -0.1) is 0 Å². The van der Waals surface area contributed by atoms with E-state index in [0.29, 0.717) is 40.7 Å². The Hall–Kier alpha value is -3.34. The molecule has 0 atom stereocenters. The number of fused-ring (bicyclic) bond motifs is 1. The summed E-state index contributed by atoms with van der Waals surface area (Å²) in [5.41, 5.74) is 2.42. The molecule has 4 aromatic rings. The maximum Gasteiger partial charge on any atom is 0.175 e. The summed E-state index contributed by atoms with van der Waals surface area (Å²) >= 11 is 0. The number of benzene rings is 2. The second-order valence-corrected chi connectivity index (χ2v) is 17.8. The number of nitrogens with zero attached hydrogens (tertiary/aromatic N) is 3. The van der Waals surface area contributed by atoms with Crippen LogP contribution in [0.5, 0.6) is 11.5 Å². The Morgan fingerprint density at radius 1 is 1.05 bits per heavy atom. The molecule has 0 radical (unpaired) electrons. The third-order valence-electron chi connectivity index (χ3n) is 5.82. The standard InChI is InChI=1S/C27H31N3O5SSi/c1-19(31)22-16-24-25(17-26(22)35-20-9-11-21(12-10-20)36(2,32)33)30(18-34-14-15-37(3,4)5)27(29-24)23-8-6-7-13-28-23/h6-13,16-17H,14-15,18H2,1-5H3. The number of ether oxygens (including phenoxy) is 2. The predicted molar refractivity (Wildman–Crippen MR) is 147 cm³/mol. The van der Waals surface area contributed by atoms with E-state index in [1.165, 1.54) is 19.1 Å². The average molecular weight is 538 g/mol. The SMILES string of the molecule is CC(=O)c1cc2nc(-c3ccccn3)n(COCC[Si](C)(C)C)c2cc1Oc1ccc(S(C)(=O)=O)cc1. The van der Waals surface area contributed by atoms with Crippen LogP contribution in [0.15, 0.2) is 65.7 Å². The van der Waals surface area contributed by atoms with Crippen molar-refractivity contribution < 1.29 is 22.7 Å². The van der Waals surface area contributed by atoms with Gasteiger partial charge in [0.1, 0.15) is 23.9 Å². The van der Waals surface area contributed by atoms with Gasteiger partial charge in [0.15, 0.2) is 21.4 Å². The van der Waals surface area contributed by atoms with Gasteiger partial charge < -0.3 is 9.47 Å². The zero-order valence-electron chi connectivity index (χ0n) is 21.7. The van der Waals surface area contributed by atoms with Crippen LogP contribution in [0, 0.1) is 0 Å². The highest BCUT2D eigenvalue weighted by molar-refractivity contribution is 7.90. The monoisotopic (exact) mass is 537 g/mol. The topological polar surface area (TPSA) is 100 Å². The van der Waals surface area contributed by atoms with Gasteiger partial charge in [-0.2, -0.15) is 0 Å². The van der Waals surface area contributed by atoms with E-state index in [0.717, 1.165) is 17.8 Å². The van der Waals surface area contributed by atoms with Gasteiger partial charge in [-0.1, -0.05) is 25.7 Å². The average Bonchev–Trinajstić information content (AvgIpc) is 3.18. The zero-order chi connectivity index (χ0) is 26.8. The number of hydrogen-bond donors (Lipinski definition) is 0. The number of carbonyl (C=O) groups excluding carboxylic acids is 1. The van der Waals surface area contributed by atoms with Crippen LogP contribution in [-0.4, -0.2) is 49.7 Å². The lowest BCUT2D eigenvalue weighted by molar-refractivity contribution is 0.0909. The molecule has 0 unspecified atom stereocenters. The van der Waals surface area contributed by atoms with Crippen LogP contribution in [0.3, 0.4) is 0 Å². The quantitative estimate of drug-likeness (QED) is 0.143. The Kier molecular flexibility index (Phi) is 7.63. The molecule has 10 heteroatoms. The van der Waals surface area contributed by atoms with Crippen molar-refractivity contribution in [1.82, 2.24) is 14.5 Å². The first-order valence-electron chi connectivity index (χ1n) is 11.9. The highest BCUT2D eigenvalue weighted by atomic mass is 32.2. The van der Waals surface area contributed by atoms with Gasteiger partial charge in [0.2, 0.25) is 0 Å². The molecule has 0 N–H and O–H groups in total. The minimum atomic E-state index is -3.33. The van der Waals surface area contributed by atoms with Crippen LogP contribution >= 0.6 is 0 Å². The molecule has 0 aliphatic rings. The number of ketones is 1. The van der Waals surface area contributed by atoms with Crippen molar-refractivity contribution in [1.29, 1.82) is 0 Å². The number of imidazole rings is 1. The smallest absolute Gasteiger partial charge is 0.175 e. The van der Waals surface area contributed by atoms with Gasteiger partial charge in [0.25, 0.3) is 0 Å². The second kappa shape index (κ2) is 10.6. The Bertz CT molecular complexity index is 1530. The van der Waals surface area contributed by atoms with Crippen LogP contribution in [0.2, 0.25) is 25.7 Å². The summed E-state index contributed by atoms with van der Waals surface area (Å²) in [6.07, 6.45) is 2.86. The van der Waals surface area contributed by atoms with Gasteiger partial charge in [0.05, 0.1) is 21.5 Å². The Balaban J connectivity index is 1.77. The van der Waals surface area contributed by atoms with E-state index in [1.54, 1.807) is 30.5 Å². The minimum absolute atomic E-state index is 0.176. The lowest BCUT2D eigenvalue weighted by atomic mass is 10.1. The molecule has 0 amide bonds. The summed E-state index contributed by atoms with van der Waals surface area (Å²) in [5, 5.41) is 0. The van der Waals surface area contributed by atoms with Crippen molar-refractivity contribution in [3.63, 3.8) is 0 Å². The van der Waals surface area contributed by atoms with Crippen LogP contribution in [-0.2, 0) is 21.3 Å². The van der Waals surface area contributed by atoms with E-state index in [-0.39, 0.29) is 17.4 Å². The molecule has 0 bridgehead atoms. The number of hydrogen-bond acceptors (Lipinski definition) is 7. The number of pyridine rings is 1. The molecule has 0 saturated heterocycles. The molecule has 37 heavy (non-hydrogen) atoms. The van der Waals surface area contributed by atoms with E-state index < -0.39 is 17.9 Å². The molecular formula is C27H31N3O5SSi. The predicted octanol–water partition coefficient (Wildman–Crippen LogP) is 5.81. The molecule has 0 spiro atoms. The van der Waals surface area contributed by atoms with Crippen molar-refractivity contribution in [3.8, 4) is 23.0 Å². The van der Waals surface area contributed by atoms with Crippen LogP contribution in [0.25, 0.3) is 22.6 Å². The van der Waals surface area contributed by atoms with Crippen LogP contribution < -0.4 is 4.74 Å². The molecule has 8 nitrogen and oxygen atoms in total. The lowest BCUT2D eigenvalue weighted by Crippen LogP contribution is -2.22. The lowest BCUT2D eigenvalue weighted by Gasteiger charge is -2.16. The van der Waals surface area contributed by atoms with Crippen molar-refractivity contribution in [2.75, 3.05) is 12.9 Å². The Labute approximate surface area is 218 Å². The van der Waals surface area contributed by atoms with Crippen molar-refractivity contribution in [2.45, 2.75) is 44.2 Å². The first-order chi connectivity index (χ1) is 17.4. The molecule has 4 rings (SSSR count).